The molecule has 0 aliphatic rings. The summed E-state index contributed by atoms with van der Waals surface area (Å²) in [5, 5.41) is 0.850. The summed E-state index contributed by atoms with van der Waals surface area (Å²) in [7, 11) is 0. The van der Waals surface area contributed by atoms with Crippen molar-refractivity contribution in [3.63, 3.8) is 0 Å². The van der Waals surface area contributed by atoms with Gasteiger partial charge >= 0.3 is 11.6 Å². The van der Waals surface area contributed by atoms with Gasteiger partial charge in [-0.15, -0.1) is 0 Å². The molecule has 0 atom stereocenters. The van der Waals surface area contributed by atoms with Crippen molar-refractivity contribution in [1.82, 2.24) is 0 Å². The maximum absolute atomic E-state index is 12.0. The highest BCUT2D eigenvalue weighted by atomic mass is 16.5. The average molecular weight is 358 g/mol. The minimum absolute atomic E-state index is 0.234. The Balaban J connectivity index is 1.70. The lowest BCUT2D eigenvalue weighted by atomic mass is 10.1. The highest BCUT2D eigenvalue weighted by Gasteiger charge is 2.08. The van der Waals surface area contributed by atoms with E-state index in [2.05, 4.69) is 6.92 Å². The van der Waals surface area contributed by atoms with Gasteiger partial charge in [-0.2, -0.15) is 0 Å². The van der Waals surface area contributed by atoms with E-state index in [1.807, 2.05) is 13.0 Å². The fraction of sp³-hybridized carbons (Fsp3) is 0.545. The molecule has 0 unspecified atom stereocenters. The highest BCUT2D eigenvalue weighted by Crippen LogP contribution is 2.22. The van der Waals surface area contributed by atoms with Crippen molar-refractivity contribution < 1.29 is 13.9 Å². The first-order chi connectivity index (χ1) is 12.6. The molecule has 0 aliphatic heterocycles. The molecule has 2 aromatic rings. The Hall–Kier alpha value is -2.10. The van der Waals surface area contributed by atoms with Crippen LogP contribution in [0.2, 0.25) is 0 Å². The van der Waals surface area contributed by atoms with Gasteiger partial charge in [0, 0.05) is 23.9 Å². The quantitative estimate of drug-likeness (QED) is 0.216. The molecule has 0 bridgehead atoms. The van der Waals surface area contributed by atoms with Gasteiger partial charge in [0.1, 0.15) is 11.3 Å². The first kappa shape index (κ1) is 20.2. The fourth-order valence-electron chi connectivity index (χ4n) is 3.13. The zero-order valence-electron chi connectivity index (χ0n) is 16.0. The molecule has 0 N–H and O–H groups in total. The number of esters is 1. The second-order valence-electron chi connectivity index (χ2n) is 6.96. The van der Waals surface area contributed by atoms with Crippen LogP contribution in [0.1, 0.15) is 76.7 Å². The maximum atomic E-state index is 12.0. The lowest BCUT2D eigenvalue weighted by molar-refractivity contribution is -0.134. The van der Waals surface area contributed by atoms with Gasteiger partial charge in [-0.25, -0.2) is 4.79 Å². The molecule has 1 aromatic heterocycles. The molecular formula is C22H30O4. The normalized spacial score (nSPS) is 11.0. The molecule has 0 fully saturated rings. The van der Waals surface area contributed by atoms with E-state index in [4.69, 9.17) is 9.15 Å². The molecule has 26 heavy (non-hydrogen) atoms. The topological polar surface area (TPSA) is 56.5 Å². The summed E-state index contributed by atoms with van der Waals surface area (Å²) in [5.41, 5.74) is 0.903. The van der Waals surface area contributed by atoms with Gasteiger partial charge in [-0.05, 0) is 31.0 Å². The van der Waals surface area contributed by atoms with Crippen molar-refractivity contribution in [2.45, 2.75) is 78.1 Å². The zero-order chi connectivity index (χ0) is 18.8. The number of hydrogen-bond donors (Lipinski definition) is 0. The molecule has 0 amide bonds. The highest BCUT2D eigenvalue weighted by molar-refractivity contribution is 5.82. The Kier molecular flexibility index (Phi) is 8.39. The van der Waals surface area contributed by atoms with Crippen LogP contribution in [0.5, 0.6) is 5.75 Å². The monoisotopic (exact) mass is 358 g/mol. The minimum atomic E-state index is -0.395. The summed E-state index contributed by atoms with van der Waals surface area (Å²) >= 11 is 0. The second kappa shape index (κ2) is 10.8. The third-order valence-electron chi connectivity index (χ3n) is 4.64. The van der Waals surface area contributed by atoms with Crippen LogP contribution in [0.4, 0.5) is 0 Å². The molecule has 4 nitrogen and oxygen atoms in total. The number of aryl methyl sites for hydroxylation is 1. The molecule has 0 saturated heterocycles. The van der Waals surface area contributed by atoms with Crippen LogP contribution in [-0.4, -0.2) is 5.97 Å². The van der Waals surface area contributed by atoms with Gasteiger partial charge in [0.05, 0.1) is 0 Å². The summed E-state index contributed by atoms with van der Waals surface area (Å²) in [6.07, 6.45) is 11.4. The summed E-state index contributed by atoms with van der Waals surface area (Å²) < 4.78 is 10.6. The Morgan fingerprint density at radius 3 is 2.31 bits per heavy atom. The molecule has 2 rings (SSSR count). The van der Waals surface area contributed by atoms with E-state index in [0.717, 1.165) is 23.8 Å². The number of hydrogen-bond acceptors (Lipinski definition) is 4. The van der Waals surface area contributed by atoms with Crippen molar-refractivity contribution in [2.24, 2.45) is 0 Å². The summed E-state index contributed by atoms with van der Waals surface area (Å²) in [6, 6.07) is 6.62. The van der Waals surface area contributed by atoms with Crippen LogP contribution in [0.25, 0.3) is 11.0 Å². The third kappa shape index (κ3) is 6.66. The van der Waals surface area contributed by atoms with Crippen molar-refractivity contribution in [2.75, 3.05) is 0 Å². The number of benzene rings is 1. The molecular weight excluding hydrogens is 328 g/mol. The van der Waals surface area contributed by atoms with Gasteiger partial charge < -0.3 is 9.15 Å². The van der Waals surface area contributed by atoms with Crippen LogP contribution in [0.3, 0.4) is 0 Å². The van der Waals surface area contributed by atoms with E-state index < -0.39 is 5.63 Å². The molecule has 0 spiro atoms. The van der Waals surface area contributed by atoms with E-state index in [0.29, 0.717) is 17.8 Å². The van der Waals surface area contributed by atoms with Crippen LogP contribution < -0.4 is 10.4 Å². The molecule has 0 aliphatic carbocycles. The first-order valence-corrected chi connectivity index (χ1v) is 9.85. The number of unbranched alkanes of at least 4 members (excludes halogenated alkanes) is 8. The lowest BCUT2D eigenvalue weighted by Gasteiger charge is -2.06. The zero-order valence-corrected chi connectivity index (χ0v) is 16.0. The van der Waals surface area contributed by atoms with Crippen molar-refractivity contribution >= 4 is 16.9 Å². The van der Waals surface area contributed by atoms with Crippen molar-refractivity contribution in [1.29, 1.82) is 0 Å². The van der Waals surface area contributed by atoms with Crippen molar-refractivity contribution in [3.8, 4) is 5.75 Å². The molecule has 0 saturated carbocycles. The Morgan fingerprint density at radius 1 is 0.962 bits per heavy atom. The van der Waals surface area contributed by atoms with Crippen LogP contribution in [-0.2, 0) is 4.79 Å². The Bertz CT molecular complexity index is 760. The number of rotatable bonds is 11. The molecule has 4 heteroatoms. The molecule has 1 heterocycles. The Morgan fingerprint density at radius 2 is 1.62 bits per heavy atom. The van der Waals surface area contributed by atoms with E-state index >= 15 is 0 Å². The third-order valence-corrected chi connectivity index (χ3v) is 4.64. The first-order valence-electron chi connectivity index (χ1n) is 9.85. The van der Waals surface area contributed by atoms with Gasteiger partial charge in [0.25, 0.3) is 0 Å². The number of carbonyl (C=O) groups excluding carboxylic acids is 1. The smallest absolute Gasteiger partial charge is 0.336 e. The number of ether oxygens (including phenoxy) is 1. The standard InChI is InChI=1S/C22H30O4/c1-3-4-5-6-7-8-9-10-11-12-21(23)25-18-13-14-19-17(2)15-22(24)26-20(19)16-18/h13-16H,3-12H2,1-2H3. The SMILES string of the molecule is CCCCCCCCCCCC(=O)Oc1ccc2c(C)cc(=O)oc2c1. The lowest BCUT2D eigenvalue weighted by Crippen LogP contribution is -2.07. The predicted molar refractivity (Wildman–Crippen MR) is 105 cm³/mol. The minimum Gasteiger partial charge on any atom is -0.426 e. The predicted octanol–water partition coefficient (Wildman–Crippen LogP) is 5.93. The van der Waals surface area contributed by atoms with Crippen LogP contribution >= 0.6 is 0 Å². The van der Waals surface area contributed by atoms with E-state index in [1.54, 1.807) is 12.1 Å². The van der Waals surface area contributed by atoms with Crippen LogP contribution in [0, 0.1) is 6.92 Å². The second-order valence-corrected chi connectivity index (χ2v) is 6.96. The summed E-state index contributed by atoms with van der Waals surface area (Å²) in [6.45, 7) is 4.09. The number of fused-ring (bicyclic) bond motifs is 1. The molecule has 142 valence electrons. The fourth-order valence-corrected chi connectivity index (χ4v) is 3.13. The van der Waals surface area contributed by atoms with Gasteiger partial charge in [-0.3, -0.25) is 4.79 Å². The van der Waals surface area contributed by atoms with E-state index in [1.165, 1.54) is 51.0 Å². The van der Waals surface area contributed by atoms with Gasteiger partial charge in [0.2, 0.25) is 0 Å². The Labute approximate surface area is 155 Å². The summed E-state index contributed by atoms with van der Waals surface area (Å²) in [5.74, 6) is 0.189. The van der Waals surface area contributed by atoms with Crippen molar-refractivity contribution in [3.05, 3.63) is 40.2 Å². The number of carbonyl (C=O) groups is 1. The van der Waals surface area contributed by atoms with Crippen LogP contribution in [0.15, 0.2) is 33.5 Å². The average Bonchev–Trinajstić information content (AvgIpc) is 2.60. The molecule has 1 aromatic carbocycles. The van der Waals surface area contributed by atoms with Gasteiger partial charge in [0.15, 0.2) is 0 Å². The van der Waals surface area contributed by atoms with Gasteiger partial charge in [-0.1, -0.05) is 58.3 Å². The maximum Gasteiger partial charge on any atom is 0.336 e. The van der Waals surface area contributed by atoms with E-state index in [-0.39, 0.29) is 5.97 Å². The largest absolute Gasteiger partial charge is 0.426 e. The van der Waals surface area contributed by atoms with E-state index in [9.17, 15) is 9.59 Å². The summed E-state index contributed by atoms with van der Waals surface area (Å²) in [4.78, 5) is 23.4. The molecule has 0 radical (unpaired) electrons.